The predicted octanol–water partition coefficient (Wildman–Crippen LogP) is 3.59. The molecule has 0 aliphatic carbocycles. The maximum atomic E-state index is 13.0. The molecule has 0 saturated carbocycles. The van der Waals surface area contributed by atoms with Crippen molar-refractivity contribution in [3.63, 3.8) is 0 Å². The maximum Gasteiger partial charge on any atom is 0.335 e. The zero-order valence-corrected chi connectivity index (χ0v) is 17.9. The molecule has 2 aromatic carbocycles. The van der Waals surface area contributed by atoms with E-state index < -0.39 is 17.8 Å². The van der Waals surface area contributed by atoms with Gasteiger partial charge < -0.3 is 4.74 Å². The van der Waals surface area contributed by atoms with Crippen molar-refractivity contribution in [1.82, 2.24) is 5.32 Å². The fourth-order valence-corrected chi connectivity index (χ4v) is 3.68. The number of hydrogen-bond acceptors (Lipinski definition) is 4. The van der Waals surface area contributed by atoms with Crippen LogP contribution in [0, 0.1) is 29.8 Å². The van der Waals surface area contributed by atoms with Crippen molar-refractivity contribution in [2.75, 3.05) is 11.5 Å². The molecule has 6 nitrogen and oxygen atoms in total. The van der Waals surface area contributed by atoms with E-state index in [9.17, 15) is 14.4 Å². The molecule has 1 fully saturated rings. The lowest BCUT2D eigenvalue weighted by Crippen LogP contribution is -2.54. The van der Waals surface area contributed by atoms with Gasteiger partial charge in [-0.2, -0.15) is 0 Å². The SMILES string of the molecule is C#CCOc1ccc(/C=C2\C(=O)NC(=O)N(c3cc(C)cc(C)c3)C2=O)cc1I. The molecule has 1 N–H and O–H groups in total. The number of terminal acetylenes is 1. The number of rotatable bonds is 4. The van der Waals surface area contributed by atoms with Gasteiger partial charge in [-0.05, 0) is 83.5 Å². The van der Waals surface area contributed by atoms with Crippen molar-refractivity contribution >= 4 is 52.2 Å². The molecular weight excluding hydrogens is 483 g/mol. The summed E-state index contributed by atoms with van der Waals surface area (Å²) < 4.78 is 6.20. The van der Waals surface area contributed by atoms with E-state index in [1.54, 1.807) is 30.3 Å². The molecule has 3 rings (SSSR count). The second-order valence-corrected chi connectivity index (χ2v) is 7.65. The van der Waals surface area contributed by atoms with E-state index in [1.165, 1.54) is 6.08 Å². The Hall–Kier alpha value is -3.12. The largest absolute Gasteiger partial charge is 0.480 e. The first-order chi connectivity index (χ1) is 13.8. The smallest absolute Gasteiger partial charge is 0.335 e. The first-order valence-corrected chi connectivity index (χ1v) is 9.73. The number of benzene rings is 2. The molecule has 1 aliphatic rings. The van der Waals surface area contributed by atoms with Gasteiger partial charge in [0.15, 0.2) is 0 Å². The number of carbonyl (C=O) groups is 3. The van der Waals surface area contributed by atoms with E-state index in [-0.39, 0.29) is 12.2 Å². The van der Waals surface area contributed by atoms with E-state index >= 15 is 0 Å². The number of aryl methyl sites for hydroxylation is 2. The van der Waals surface area contributed by atoms with Crippen molar-refractivity contribution in [1.29, 1.82) is 0 Å². The van der Waals surface area contributed by atoms with Crippen LogP contribution < -0.4 is 15.0 Å². The fraction of sp³-hybridized carbons (Fsp3) is 0.136. The van der Waals surface area contributed by atoms with Gasteiger partial charge in [-0.1, -0.05) is 18.1 Å². The Morgan fingerprint density at radius 1 is 1.14 bits per heavy atom. The molecule has 0 radical (unpaired) electrons. The number of ether oxygens (including phenoxy) is 1. The molecule has 7 heteroatoms. The lowest BCUT2D eigenvalue weighted by molar-refractivity contribution is -0.122. The normalized spacial score (nSPS) is 15.3. The zero-order chi connectivity index (χ0) is 21.1. The van der Waals surface area contributed by atoms with E-state index in [0.29, 0.717) is 17.0 Å². The Morgan fingerprint density at radius 3 is 2.45 bits per heavy atom. The molecule has 0 unspecified atom stereocenters. The predicted molar refractivity (Wildman–Crippen MR) is 118 cm³/mol. The molecule has 1 saturated heterocycles. The molecule has 2 aromatic rings. The van der Waals surface area contributed by atoms with Gasteiger partial charge in [0.25, 0.3) is 11.8 Å². The van der Waals surface area contributed by atoms with Gasteiger partial charge in [-0.25, -0.2) is 9.69 Å². The quantitative estimate of drug-likeness (QED) is 0.302. The first-order valence-electron chi connectivity index (χ1n) is 8.65. The highest BCUT2D eigenvalue weighted by atomic mass is 127. The van der Waals surface area contributed by atoms with E-state index in [0.717, 1.165) is 19.6 Å². The fourth-order valence-electron chi connectivity index (χ4n) is 2.98. The summed E-state index contributed by atoms with van der Waals surface area (Å²) in [5.41, 5.74) is 2.71. The highest BCUT2D eigenvalue weighted by Crippen LogP contribution is 2.26. The summed E-state index contributed by atoms with van der Waals surface area (Å²) in [5.74, 6) is 1.60. The number of nitrogens with one attached hydrogen (secondary N) is 1. The maximum absolute atomic E-state index is 13.0. The first kappa shape index (κ1) is 20.6. The van der Waals surface area contributed by atoms with Crippen LogP contribution in [0.4, 0.5) is 10.5 Å². The van der Waals surface area contributed by atoms with Crippen LogP contribution >= 0.6 is 22.6 Å². The molecule has 146 valence electrons. The Bertz CT molecular complexity index is 1080. The summed E-state index contributed by atoms with van der Waals surface area (Å²) in [7, 11) is 0. The molecule has 1 heterocycles. The Morgan fingerprint density at radius 2 is 1.83 bits per heavy atom. The van der Waals surface area contributed by atoms with Crippen LogP contribution in [0.5, 0.6) is 5.75 Å². The molecule has 0 atom stereocenters. The third-order valence-corrected chi connectivity index (χ3v) is 4.99. The molecule has 0 bridgehead atoms. The van der Waals surface area contributed by atoms with Crippen LogP contribution in [-0.4, -0.2) is 24.5 Å². The molecule has 1 aliphatic heterocycles. The minimum atomic E-state index is -0.769. The van der Waals surface area contributed by atoms with Crippen LogP contribution in [-0.2, 0) is 9.59 Å². The van der Waals surface area contributed by atoms with Gasteiger partial charge in [0.1, 0.15) is 17.9 Å². The van der Waals surface area contributed by atoms with Gasteiger partial charge in [0.2, 0.25) is 0 Å². The van der Waals surface area contributed by atoms with Crippen LogP contribution in [0.1, 0.15) is 16.7 Å². The van der Waals surface area contributed by atoms with Crippen molar-refractivity contribution < 1.29 is 19.1 Å². The summed E-state index contributed by atoms with van der Waals surface area (Å²) >= 11 is 2.08. The third kappa shape index (κ3) is 4.49. The molecule has 0 spiro atoms. The van der Waals surface area contributed by atoms with Crippen molar-refractivity contribution in [2.24, 2.45) is 0 Å². The highest BCUT2D eigenvalue weighted by Gasteiger charge is 2.36. The van der Waals surface area contributed by atoms with Crippen LogP contribution in [0.3, 0.4) is 0 Å². The number of amides is 4. The van der Waals surface area contributed by atoms with Gasteiger partial charge in [0.05, 0.1) is 9.26 Å². The summed E-state index contributed by atoms with van der Waals surface area (Å²) in [6.07, 6.45) is 6.65. The highest BCUT2D eigenvalue weighted by molar-refractivity contribution is 14.1. The van der Waals surface area contributed by atoms with E-state index in [2.05, 4.69) is 33.8 Å². The van der Waals surface area contributed by atoms with Crippen molar-refractivity contribution in [3.8, 4) is 18.1 Å². The van der Waals surface area contributed by atoms with Crippen LogP contribution in [0.25, 0.3) is 6.08 Å². The molecule has 29 heavy (non-hydrogen) atoms. The van der Waals surface area contributed by atoms with Crippen molar-refractivity contribution in [3.05, 3.63) is 62.2 Å². The van der Waals surface area contributed by atoms with E-state index in [4.69, 9.17) is 11.2 Å². The summed E-state index contributed by atoms with van der Waals surface area (Å²) in [4.78, 5) is 38.6. The molecule has 4 amide bonds. The standard InChI is InChI=1S/C22H17IN2O4/c1-4-7-29-19-6-5-15(12-18(19)23)11-17-20(26)24-22(28)25(21(17)27)16-9-13(2)8-14(3)10-16/h1,5-6,8-12H,7H2,2-3H3,(H,24,26,28)/b17-11+. The number of halogens is 1. The third-order valence-electron chi connectivity index (χ3n) is 4.14. The molecular formula is C22H17IN2O4. The number of nitrogens with zero attached hydrogens (tertiary/aromatic N) is 1. The number of imide groups is 2. The summed E-state index contributed by atoms with van der Waals surface area (Å²) in [6.45, 7) is 3.89. The zero-order valence-electron chi connectivity index (χ0n) is 15.8. The lowest BCUT2D eigenvalue weighted by Gasteiger charge is -2.27. The second-order valence-electron chi connectivity index (χ2n) is 6.49. The Labute approximate surface area is 182 Å². The number of barbiturate groups is 1. The average molecular weight is 500 g/mol. The van der Waals surface area contributed by atoms with Gasteiger partial charge in [-0.15, -0.1) is 6.42 Å². The van der Waals surface area contributed by atoms with Gasteiger partial charge in [-0.3, -0.25) is 14.9 Å². The minimum absolute atomic E-state index is 0.128. The minimum Gasteiger partial charge on any atom is -0.480 e. The average Bonchev–Trinajstić information content (AvgIpc) is 2.63. The summed E-state index contributed by atoms with van der Waals surface area (Å²) in [5, 5.41) is 2.23. The monoisotopic (exact) mass is 500 g/mol. The number of anilines is 1. The van der Waals surface area contributed by atoms with E-state index in [1.807, 2.05) is 19.9 Å². The van der Waals surface area contributed by atoms with Crippen molar-refractivity contribution in [2.45, 2.75) is 13.8 Å². The molecule has 0 aromatic heterocycles. The number of urea groups is 1. The number of hydrogen-bond donors (Lipinski definition) is 1. The van der Waals surface area contributed by atoms with Gasteiger partial charge in [0, 0.05) is 0 Å². The topological polar surface area (TPSA) is 75.7 Å². The van der Waals surface area contributed by atoms with Gasteiger partial charge >= 0.3 is 6.03 Å². The van der Waals surface area contributed by atoms with Crippen LogP contribution in [0.15, 0.2) is 42.0 Å². The Balaban J connectivity index is 1.97. The summed E-state index contributed by atoms with van der Waals surface area (Å²) in [6, 6.07) is 9.79. The number of carbonyl (C=O) groups excluding carboxylic acids is 3. The lowest BCUT2D eigenvalue weighted by atomic mass is 10.1. The second kappa shape index (κ2) is 8.49. The van der Waals surface area contributed by atoms with Crippen LogP contribution in [0.2, 0.25) is 0 Å². The Kier molecular flexibility index (Phi) is 6.03.